The van der Waals surface area contributed by atoms with Crippen molar-refractivity contribution in [1.29, 1.82) is 0 Å². The molecule has 0 aliphatic heterocycles. The molecular formula is C13H20N2OS. The lowest BCUT2D eigenvalue weighted by Crippen LogP contribution is -2.29. The van der Waals surface area contributed by atoms with Gasteiger partial charge in [0.25, 0.3) is 0 Å². The topological polar surface area (TPSA) is 33.3 Å². The second-order valence-corrected chi connectivity index (χ2v) is 4.51. The van der Waals surface area contributed by atoms with Gasteiger partial charge in [0.05, 0.1) is 0 Å². The van der Waals surface area contributed by atoms with Crippen molar-refractivity contribution in [3.8, 4) is 0 Å². The Morgan fingerprint density at radius 3 is 2.47 bits per heavy atom. The second-order valence-electron chi connectivity index (χ2n) is 4.10. The molecule has 3 nitrogen and oxygen atoms in total. The molecule has 1 rings (SSSR count). The summed E-state index contributed by atoms with van der Waals surface area (Å²) in [6, 6.07) is 6.30. The summed E-state index contributed by atoms with van der Waals surface area (Å²) in [6.07, 6.45) is 0.950. The highest BCUT2D eigenvalue weighted by Gasteiger charge is 1.98. The van der Waals surface area contributed by atoms with E-state index in [1.807, 2.05) is 0 Å². The lowest BCUT2D eigenvalue weighted by atomic mass is 10.1. The van der Waals surface area contributed by atoms with E-state index in [9.17, 15) is 0 Å². The van der Waals surface area contributed by atoms with Gasteiger partial charge in [0.15, 0.2) is 5.11 Å². The van der Waals surface area contributed by atoms with E-state index in [0.29, 0.717) is 5.11 Å². The number of hydrogen-bond donors (Lipinski definition) is 2. The Hall–Kier alpha value is -1.13. The number of thiocarbonyl (C=S) groups is 1. The number of rotatable bonds is 5. The Morgan fingerprint density at radius 2 is 1.88 bits per heavy atom. The van der Waals surface area contributed by atoms with Crippen molar-refractivity contribution in [2.75, 3.05) is 25.6 Å². The molecule has 0 saturated heterocycles. The number of hydrogen-bond acceptors (Lipinski definition) is 2. The summed E-state index contributed by atoms with van der Waals surface area (Å²) in [4.78, 5) is 0. The fraction of sp³-hybridized carbons (Fsp3) is 0.462. The molecule has 0 amide bonds. The average Bonchev–Trinajstić information content (AvgIpc) is 2.23. The number of nitrogens with one attached hydrogen (secondary N) is 2. The highest BCUT2D eigenvalue weighted by atomic mass is 32.1. The van der Waals surface area contributed by atoms with E-state index >= 15 is 0 Å². The Morgan fingerprint density at radius 1 is 1.24 bits per heavy atom. The second kappa shape index (κ2) is 7.25. The van der Waals surface area contributed by atoms with E-state index in [1.54, 1.807) is 7.11 Å². The van der Waals surface area contributed by atoms with Crippen LogP contribution in [0.15, 0.2) is 18.2 Å². The number of benzene rings is 1. The molecule has 94 valence electrons. The third kappa shape index (κ3) is 5.65. The fourth-order valence-electron chi connectivity index (χ4n) is 1.64. The van der Waals surface area contributed by atoms with Crippen LogP contribution >= 0.6 is 12.2 Å². The lowest BCUT2D eigenvalue weighted by Gasteiger charge is -2.11. The van der Waals surface area contributed by atoms with Gasteiger partial charge in [-0.25, -0.2) is 0 Å². The Balaban J connectivity index is 2.39. The normalized spacial score (nSPS) is 10.1. The van der Waals surface area contributed by atoms with E-state index in [1.165, 1.54) is 11.1 Å². The lowest BCUT2D eigenvalue weighted by molar-refractivity contribution is 0.196. The zero-order valence-corrected chi connectivity index (χ0v) is 11.5. The number of anilines is 1. The van der Waals surface area contributed by atoms with Gasteiger partial charge in [-0.1, -0.05) is 6.07 Å². The van der Waals surface area contributed by atoms with Crippen molar-refractivity contribution in [3.63, 3.8) is 0 Å². The predicted octanol–water partition coefficient (Wildman–Crippen LogP) is 2.63. The summed E-state index contributed by atoms with van der Waals surface area (Å²) in [5.74, 6) is 0. The zero-order valence-electron chi connectivity index (χ0n) is 10.7. The standard InChI is InChI=1S/C13H20N2OS/c1-10-7-11(2)9-12(8-10)15-13(17)14-5-4-6-16-3/h7-9H,4-6H2,1-3H3,(H2,14,15,17). The summed E-state index contributed by atoms with van der Waals surface area (Å²) in [6.45, 7) is 5.73. The molecule has 0 spiro atoms. The Labute approximate surface area is 109 Å². The predicted molar refractivity (Wildman–Crippen MR) is 76.6 cm³/mol. The smallest absolute Gasteiger partial charge is 0.170 e. The number of ether oxygens (including phenoxy) is 1. The van der Waals surface area contributed by atoms with Crippen molar-refractivity contribution < 1.29 is 4.74 Å². The molecule has 0 aliphatic carbocycles. The van der Waals surface area contributed by atoms with Crippen molar-refractivity contribution in [2.24, 2.45) is 0 Å². The minimum Gasteiger partial charge on any atom is -0.385 e. The van der Waals surface area contributed by atoms with Crippen LogP contribution in [0.4, 0.5) is 5.69 Å². The van der Waals surface area contributed by atoms with Crippen LogP contribution in [0.3, 0.4) is 0 Å². The van der Waals surface area contributed by atoms with Crippen LogP contribution in [0.5, 0.6) is 0 Å². The van der Waals surface area contributed by atoms with Gasteiger partial charge in [0.2, 0.25) is 0 Å². The molecule has 4 heteroatoms. The molecular weight excluding hydrogens is 232 g/mol. The quantitative estimate of drug-likeness (QED) is 0.623. The molecule has 1 aromatic carbocycles. The van der Waals surface area contributed by atoms with Crippen LogP contribution < -0.4 is 10.6 Å². The highest BCUT2D eigenvalue weighted by molar-refractivity contribution is 7.80. The van der Waals surface area contributed by atoms with E-state index < -0.39 is 0 Å². The van der Waals surface area contributed by atoms with E-state index in [2.05, 4.69) is 42.7 Å². The molecule has 2 N–H and O–H groups in total. The van der Waals surface area contributed by atoms with Crippen molar-refractivity contribution in [1.82, 2.24) is 5.32 Å². The molecule has 1 aromatic rings. The first-order valence-electron chi connectivity index (χ1n) is 5.74. The first kappa shape index (κ1) is 13.9. The van der Waals surface area contributed by atoms with E-state index in [4.69, 9.17) is 17.0 Å². The van der Waals surface area contributed by atoms with E-state index in [-0.39, 0.29) is 0 Å². The number of methoxy groups -OCH3 is 1. The molecule has 0 bridgehead atoms. The van der Waals surface area contributed by atoms with Gasteiger partial charge in [-0.15, -0.1) is 0 Å². The van der Waals surface area contributed by atoms with Gasteiger partial charge < -0.3 is 15.4 Å². The van der Waals surface area contributed by atoms with Gasteiger partial charge in [0, 0.05) is 25.9 Å². The van der Waals surface area contributed by atoms with Crippen molar-refractivity contribution >= 4 is 23.0 Å². The summed E-state index contributed by atoms with van der Waals surface area (Å²) in [5.41, 5.74) is 3.50. The van der Waals surface area contributed by atoms with E-state index in [0.717, 1.165) is 25.3 Å². The zero-order chi connectivity index (χ0) is 12.7. The fourth-order valence-corrected chi connectivity index (χ4v) is 1.86. The third-order valence-electron chi connectivity index (χ3n) is 2.29. The van der Waals surface area contributed by atoms with Gasteiger partial charge >= 0.3 is 0 Å². The summed E-state index contributed by atoms with van der Waals surface area (Å²) >= 11 is 5.21. The third-order valence-corrected chi connectivity index (χ3v) is 2.54. The molecule has 0 radical (unpaired) electrons. The van der Waals surface area contributed by atoms with Crippen LogP contribution in [0.2, 0.25) is 0 Å². The summed E-state index contributed by atoms with van der Waals surface area (Å²) < 4.78 is 4.97. The molecule has 0 fully saturated rings. The highest BCUT2D eigenvalue weighted by Crippen LogP contribution is 2.13. The molecule has 0 heterocycles. The van der Waals surface area contributed by atoms with Gasteiger partial charge in [0.1, 0.15) is 0 Å². The molecule has 0 aromatic heterocycles. The molecule has 0 unspecified atom stereocenters. The molecule has 0 atom stereocenters. The van der Waals surface area contributed by atoms with Crippen LogP contribution in [0.1, 0.15) is 17.5 Å². The minimum absolute atomic E-state index is 0.658. The number of aryl methyl sites for hydroxylation is 2. The summed E-state index contributed by atoms with van der Waals surface area (Å²) in [5, 5.41) is 6.98. The Kier molecular flexibility index (Phi) is 5.94. The summed E-state index contributed by atoms with van der Waals surface area (Å²) in [7, 11) is 1.70. The van der Waals surface area contributed by atoms with Crippen LogP contribution in [0.25, 0.3) is 0 Å². The van der Waals surface area contributed by atoms with Crippen molar-refractivity contribution in [2.45, 2.75) is 20.3 Å². The monoisotopic (exact) mass is 252 g/mol. The molecule has 0 aliphatic rings. The van der Waals surface area contributed by atoms with Crippen LogP contribution in [0, 0.1) is 13.8 Å². The maximum Gasteiger partial charge on any atom is 0.170 e. The van der Waals surface area contributed by atoms with Gasteiger partial charge in [-0.05, 0) is 55.7 Å². The Bertz CT molecular complexity index is 359. The molecule has 0 saturated carbocycles. The maximum atomic E-state index is 5.21. The molecule has 17 heavy (non-hydrogen) atoms. The average molecular weight is 252 g/mol. The first-order chi connectivity index (χ1) is 8.11. The van der Waals surface area contributed by atoms with Crippen LogP contribution in [-0.4, -0.2) is 25.4 Å². The largest absolute Gasteiger partial charge is 0.385 e. The SMILES string of the molecule is COCCCNC(=S)Nc1cc(C)cc(C)c1. The first-order valence-corrected chi connectivity index (χ1v) is 6.14. The van der Waals surface area contributed by atoms with Gasteiger partial charge in [-0.2, -0.15) is 0 Å². The van der Waals surface area contributed by atoms with Crippen molar-refractivity contribution in [3.05, 3.63) is 29.3 Å². The van der Waals surface area contributed by atoms with Gasteiger partial charge in [-0.3, -0.25) is 0 Å². The maximum absolute atomic E-state index is 5.21. The van der Waals surface area contributed by atoms with Crippen LogP contribution in [-0.2, 0) is 4.74 Å². The minimum atomic E-state index is 0.658.